The lowest BCUT2D eigenvalue weighted by Gasteiger charge is -2.12. The number of furan rings is 1. The highest BCUT2D eigenvalue weighted by atomic mass is 16.3. The van der Waals surface area contributed by atoms with Crippen LogP contribution in [0.25, 0.3) is 138 Å². The Bertz CT molecular complexity index is 4290. The van der Waals surface area contributed by atoms with E-state index in [0.717, 1.165) is 66.5 Å². The van der Waals surface area contributed by atoms with Crippen LogP contribution in [0.3, 0.4) is 0 Å². The second-order valence-corrected chi connectivity index (χ2v) is 17.5. The van der Waals surface area contributed by atoms with Gasteiger partial charge in [-0.1, -0.05) is 176 Å². The quantitative estimate of drug-likeness (QED) is 0.156. The molecule has 0 N–H and O–H groups in total. The average Bonchev–Trinajstić information content (AvgIpc) is 3.96. The Balaban J connectivity index is 0.927. The van der Waals surface area contributed by atoms with E-state index >= 15 is 0 Å². The van der Waals surface area contributed by atoms with Crippen LogP contribution in [0.5, 0.6) is 0 Å². The SMILES string of the molecule is c1ccc(-c2cccc(-c3nc(-c4ccccc4)nc(-c4cccc5oc6ccc(-n7c8ccccc8c8cc(-c9ccc%10c%11ccccc%11c%11ccccc%11c%10c9)ccc87)cc6c45)n3)c2)cc1. The topological polar surface area (TPSA) is 56.7 Å². The van der Waals surface area contributed by atoms with Gasteiger partial charge in [0.15, 0.2) is 17.5 Å². The molecular weight excluding hydrogens is 829 g/mol. The van der Waals surface area contributed by atoms with Crippen molar-refractivity contribution < 1.29 is 4.42 Å². The van der Waals surface area contributed by atoms with Crippen LogP contribution in [0.4, 0.5) is 0 Å². The first-order valence-electron chi connectivity index (χ1n) is 23.0. The standard InChI is InChI=1S/C63H38N4O/c1-3-15-39(16-4-1)41-19-13-20-44(35-41)62-64-61(40-17-5-2-6-18-40)65-63(66-62)52-26-14-28-59-60(52)55-38-45(31-34-58(55)68-59)67-56-27-12-11-25-51(56)54-37-43(30-33-57(54)67)42-29-32-50-48-23-8-7-21-46(48)47-22-9-10-24-49(47)53(50)36-42/h1-38H. The van der Waals surface area contributed by atoms with E-state index in [4.69, 9.17) is 19.4 Å². The minimum Gasteiger partial charge on any atom is -0.456 e. The third-order valence-electron chi connectivity index (χ3n) is 13.6. The fourth-order valence-corrected chi connectivity index (χ4v) is 10.5. The molecule has 14 rings (SSSR count). The van der Waals surface area contributed by atoms with Gasteiger partial charge in [0, 0.05) is 43.9 Å². The average molecular weight is 867 g/mol. The summed E-state index contributed by atoms with van der Waals surface area (Å²) in [7, 11) is 0. The van der Waals surface area contributed by atoms with E-state index in [1.165, 1.54) is 54.2 Å². The molecule has 0 saturated carbocycles. The summed E-state index contributed by atoms with van der Waals surface area (Å²) in [6.07, 6.45) is 0. The Morgan fingerprint density at radius 1 is 0.279 bits per heavy atom. The van der Waals surface area contributed by atoms with E-state index in [2.05, 4.69) is 187 Å². The number of nitrogens with zero attached hydrogens (tertiary/aromatic N) is 4. The van der Waals surface area contributed by atoms with Gasteiger partial charge in [0.2, 0.25) is 0 Å². The number of para-hydroxylation sites is 1. The van der Waals surface area contributed by atoms with Crippen LogP contribution in [0, 0.1) is 0 Å². The van der Waals surface area contributed by atoms with Crippen LogP contribution in [-0.4, -0.2) is 19.5 Å². The Kier molecular flexibility index (Phi) is 8.52. The fraction of sp³-hybridized carbons (Fsp3) is 0. The molecule has 0 aliphatic rings. The molecular formula is C63H38N4O. The molecule has 0 aliphatic heterocycles. The van der Waals surface area contributed by atoms with Crippen LogP contribution in [0.15, 0.2) is 235 Å². The van der Waals surface area contributed by atoms with Gasteiger partial charge in [-0.25, -0.2) is 15.0 Å². The van der Waals surface area contributed by atoms with Crippen LogP contribution in [0.1, 0.15) is 0 Å². The normalized spacial score (nSPS) is 11.8. The van der Waals surface area contributed by atoms with Crippen molar-refractivity contribution in [1.82, 2.24) is 19.5 Å². The molecule has 0 saturated heterocycles. The molecule has 3 aromatic heterocycles. The predicted octanol–water partition coefficient (Wildman–Crippen LogP) is 16.7. The summed E-state index contributed by atoms with van der Waals surface area (Å²) in [6, 6.07) is 81.7. The highest BCUT2D eigenvalue weighted by Crippen LogP contribution is 2.42. The maximum atomic E-state index is 6.62. The van der Waals surface area contributed by atoms with Gasteiger partial charge < -0.3 is 8.98 Å². The number of aromatic nitrogens is 4. The molecule has 0 aliphatic carbocycles. The van der Waals surface area contributed by atoms with Crippen molar-refractivity contribution in [3.05, 3.63) is 231 Å². The van der Waals surface area contributed by atoms with Gasteiger partial charge in [-0.3, -0.25) is 0 Å². The Morgan fingerprint density at radius 2 is 0.809 bits per heavy atom. The van der Waals surface area contributed by atoms with Crippen LogP contribution in [-0.2, 0) is 0 Å². The summed E-state index contributed by atoms with van der Waals surface area (Å²) in [4.78, 5) is 15.5. The number of fused-ring (bicyclic) bond motifs is 12. The lowest BCUT2D eigenvalue weighted by Crippen LogP contribution is -2.00. The fourth-order valence-electron chi connectivity index (χ4n) is 10.5. The molecule has 0 amide bonds. The minimum atomic E-state index is 0.580. The molecule has 11 aromatic carbocycles. The third kappa shape index (κ3) is 6.06. The Hall–Kier alpha value is -9.19. The summed E-state index contributed by atoms with van der Waals surface area (Å²) in [6.45, 7) is 0. The highest BCUT2D eigenvalue weighted by molar-refractivity contribution is 6.26. The van der Waals surface area contributed by atoms with Gasteiger partial charge in [0.05, 0.1) is 11.0 Å². The molecule has 0 unspecified atom stereocenters. The number of hydrogen-bond donors (Lipinski definition) is 0. The van der Waals surface area contributed by atoms with Crippen molar-refractivity contribution in [1.29, 1.82) is 0 Å². The van der Waals surface area contributed by atoms with Crippen molar-refractivity contribution in [3.63, 3.8) is 0 Å². The summed E-state index contributed by atoms with van der Waals surface area (Å²) < 4.78 is 9.00. The molecule has 316 valence electrons. The molecule has 0 bridgehead atoms. The van der Waals surface area contributed by atoms with Crippen LogP contribution < -0.4 is 0 Å². The maximum Gasteiger partial charge on any atom is 0.164 e. The minimum absolute atomic E-state index is 0.580. The van der Waals surface area contributed by atoms with Crippen molar-refractivity contribution in [3.8, 4) is 62.1 Å². The van der Waals surface area contributed by atoms with Crippen molar-refractivity contribution >= 4 is 76.1 Å². The number of hydrogen-bond acceptors (Lipinski definition) is 4. The molecule has 14 aromatic rings. The molecule has 5 heteroatoms. The smallest absolute Gasteiger partial charge is 0.164 e. The number of rotatable bonds is 6. The zero-order valence-electron chi connectivity index (χ0n) is 36.6. The van der Waals surface area contributed by atoms with Crippen molar-refractivity contribution in [2.75, 3.05) is 0 Å². The monoisotopic (exact) mass is 866 g/mol. The van der Waals surface area contributed by atoms with Gasteiger partial charge in [0.1, 0.15) is 11.2 Å². The summed E-state index contributed by atoms with van der Waals surface area (Å²) in [5, 5.41) is 12.0. The molecule has 0 radical (unpaired) electrons. The van der Waals surface area contributed by atoms with Gasteiger partial charge in [-0.15, -0.1) is 0 Å². The van der Waals surface area contributed by atoms with Crippen molar-refractivity contribution in [2.45, 2.75) is 0 Å². The van der Waals surface area contributed by atoms with E-state index in [1.807, 2.05) is 48.5 Å². The Morgan fingerprint density at radius 3 is 1.56 bits per heavy atom. The molecule has 68 heavy (non-hydrogen) atoms. The lowest BCUT2D eigenvalue weighted by molar-refractivity contribution is 0.669. The van der Waals surface area contributed by atoms with Gasteiger partial charge in [-0.05, 0) is 109 Å². The Labute approximate surface area is 390 Å². The first-order valence-corrected chi connectivity index (χ1v) is 23.0. The van der Waals surface area contributed by atoms with Crippen molar-refractivity contribution in [2.24, 2.45) is 0 Å². The second kappa shape index (κ2) is 15.2. The van der Waals surface area contributed by atoms with E-state index in [9.17, 15) is 0 Å². The van der Waals surface area contributed by atoms with Gasteiger partial charge in [-0.2, -0.15) is 0 Å². The zero-order valence-corrected chi connectivity index (χ0v) is 36.6. The second-order valence-electron chi connectivity index (χ2n) is 17.5. The highest BCUT2D eigenvalue weighted by Gasteiger charge is 2.21. The van der Waals surface area contributed by atoms with E-state index in [1.54, 1.807) is 0 Å². The largest absolute Gasteiger partial charge is 0.456 e. The summed E-state index contributed by atoms with van der Waals surface area (Å²) in [5.41, 5.74) is 12.2. The van der Waals surface area contributed by atoms with E-state index in [-0.39, 0.29) is 0 Å². The number of benzene rings is 11. The molecule has 3 heterocycles. The molecule has 0 atom stereocenters. The first-order chi connectivity index (χ1) is 33.7. The summed E-state index contributed by atoms with van der Waals surface area (Å²) >= 11 is 0. The maximum absolute atomic E-state index is 6.62. The molecule has 0 spiro atoms. The van der Waals surface area contributed by atoms with E-state index in [0.29, 0.717) is 17.5 Å². The predicted molar refractivity (Wildman–Crippen MR) is 281 cm³/mol. The zero-order chi connectivity index (χ0) is 44.7. The van der Waals surface area contributed by atoms with E-state index < -0.39 is 0 Å². The van der Waals surface area contributed by atoms with Gasteiger partial charge >= 0.3 is 0 Å². The third-order valence-corrected chi connectivity index (χ3v) is 13.6. The van der Waals surface area contributed by atoms with Crippen LogP contribution >= 0.6 is 0 Å². The van der Waals surface area contributed by atoms with Crippen LogP contribution in [0.2, 0.25) is 0 Å². The molecule has 0 fully saturated rings. The van der Waals surface area contributed by atoms with Gasteiger partial charge in [0.25, 0.3) is 0 Å². The molecule has 5 nitrogen and oxygen atoms in total. The summed E-state index contributed by atoms with van der Waals surface area (Å²) in [5.74, 6) is 1.79. The first kappa shape index (κ1) is 38.1. The lowest BCUT2D eigenvalue weighted by atomic mass is 9.92.